The molecule has 0 aromatic heterocycles. The summed E-state index contributed by atoms with van der Waals surface area (Å²) in [6.45, 7) is 4.50. The van der Waals surface area contributed by atoms with E-state index in [0.717, 1.165) is 32.4 Å². The number of ether oxygens (including phenoxy) is 2. The number of allylic oxidation sites excluding steroid dienone is 1. The Kier molecular flexibility index (Phi) is 8.24. The van der Waals surface area contributed by atoms with E-state index in [1.807, 2.05) is 17.2 Å². The van der Waals surface area contributed by atoms with Crippen molar-refractivity contribution in [1.29, 1.82) is 0 Å². The second-order valence-corrected chi connectivity index (χ2v) is 6.17. The zero-order chi connectivity index (χ0) is 15.8. The molecular weight excluding hydrogens is 381 g/mol. The highest BCUT2D eigenvalue weighted by molar-refractivity contribution is 14.1. The number of rotatable bonds is 6. The highest BCUT2D eigenvalue weighted by atomic mass is 123. The summed E-state index contributed by atoms with van der Waals surface area (Å²) in [6, 6.07) is 0. The Labute approximate surface area is 140 Å². The van der Waals surface area contributed by atoms with Crippen molar-refractivity contribution < 1.29 is 19.1 Å². The molecule has 0 bridgehead atoms. The van der Waals surface area contributed by atoms with Crippen LogP contribution in [-0.2, 0) is 19.1 Å². The van der Waals surface area contributed by atoms with Gasteiger partial charge in [0, 0.05) is 32.9 Å². The molecule has 0 amide bonds. The van der Waals surface area contributed by atoms with Gasteiger partial charge in [0.1, 0.15) is 12.2 Å². The van der Waals surface area contributed by atoms with E-state index in [0.29, 0.717) is 0 Å². The van der Waals surface area contributed by atoms with Gasteiger partial charge in [-0.25, -0.2) is 0 Å². The highest BCUT2D eigenvalue weighted by Gasteiger charge is 2.37. The van der Waals surface area contributed by atoms with Gasteiger partial charge in [-0.05, 0) is 30.4 Å². The standard InChI is InChI=1S/C15H24INO4/c1-11(18)20-14(6-4-5-8-16)13-10-17(3)9-7-15(13)21-12(2)19/h5,8,13-15H,4,6-7,9-10H2,1-3H3/b8-5+/i16-4. The maximum Gasteiger partial charge on any atom is 0.302 e. The minimum atomic E-state index is -0.284. The van der Waals surface area contributed by atoms with E-state index in [2.05, 4.69) is 27.5 Å². The van der Waals surface area contributed by atoms with Gasteiger partial charge < -0.3 is 14.4 Å². The molecule has 1 rings (SSSR count). The Morgan fingerprint density at radius 3 is 2.67 bits per heavy atom. The van der Waals surface area contributed by atoms with Gasteiger partial charge in [0.05, 0.1) is 0 Å². The summed E-state index contributed by atoms with van der Waals surface area (Å²) < 4.78 is 12.9. The molecule has 1 heterocycles. The molecule has 5 nitrogen and oxygen atoms in total. The largest absolute Gasteiger partial charge is 0.462 e. The van der Waals surface area contributed by atoms with Crippen LogP contribution in [0.15, 0.2) is 10.2 Å². The Balaban J connectivity index is 2.80. The minimum absolute atomic E-state index is 0.0270. The fourth-order valence-corrected chi connectivity index (χ4v) is 3.10. The molecule has 120 valence electrons. The highest BCUT2D eigenvalue weighted by Crippen LogP contribution is 2.27. The lowest BCUT2D eigenvalue weighted by Gasteiger charge is -2.39. The van der Waals surface area contributed by atoms with Crippen LogP contribution in [0, 0.1) is 5.92 Å². The zero-order valence-electron chi connectivity index (χ0n) is 12.9. The van der Waals surface area contributed by atoms with Gasteiger partial charge in [0.25, 0.3) is 0 Å². The van der Waals surface area contributed by atoms with Crippen LogP contribution in [0.2, 0.25) is 0 Å². The first-order valence-corrected chi connectivity index (χ1v) is 8.46. The smallest absolute Gasteiger partial charge is 0.302 e. The van der Waals surface area contributed by atoms with E-state index in [1.165, 1.54) is 13.8 Å². The summed E-state index contributed by atoms with van der Waals surface area (Å²) in [5.74, 6) is -0.532. The van der Waals surface area contributed by atoms with Crippen LogP contribution in [-0.4, -0.2) is 49.2 Å². The third-order valence-electron chi connectivity index (χ3n) is 3.61. The molecule has 6 heteroatoms. The van der Waals surface area contributed by atoms with Crippen molar-refractivity contribution in [2.45, 2.75) is 45.3 Å². The van der Waals surface area contributed by atoms with Crippen molar-refractivity contribution in [3.05, 3.63) is 10.2 Å². The van der Waals surface area contributed by atoms with Crippen molar-refractivity contribution in [2.24, 2.45) is 5.92 Å². The summed E-state index contributed by atoms with van der Waals surface area (Å²) in [7, 11) is 2.03. The van der Waals surface area contributed by atoms with E-state index in [9.17, 15) is 9.59 Å². The van der Waals surface area contributed by atoms with Gasteiger partial charge in [0.2, 0.25) is 0 Å². The number of hydrogen-bond acceptors (Lipinski definition) is 5. The van der Waals surface area contributed by atoms with Crippen LogP contribution in [0.5, 0.6) is 0 Å². The van der Waals surface area contributed by atoms with Gasteiger partial charge in [-0.2, -0.15) is 0 Å². The lowest BCUT2D eigenvalue weighted by molar-refractivity contribution is -0.164. The summed E-state index contributed by atoms with van der Waals surface area (Å²) in [4.78, 5) is 24.9. The molecule has 3 atom stereocenters. The summed E-state index contributed by atoms with van der Waals surface area (Å²) in [6.07, 6.45) is 4.02. The maximum atomic E-state index is 11.4. The van der Waals surface area contributed by atoms with Gasteiger partial charge in [-0.15, -0.1) is 0 Å². The fourth-order valence-electron chi connectivity index (χ4n) is 2.74. The first-order chi connectivity index (χ1) is 9.93. The average molecular weight is 405 g/mol. The van der Waals surface area contributed by atoms with Gasteiger partial charge in [-0.3, -0.25) is 9.59 Å². The van der Waals surface area contributed by atoms with E-state index in [-0.39, 0.29) is 30.1 Å². The molecule has 0 aromatic rings. The summed E-state index contributed by atoms with van der Waals surface area (Å²) in [5, 5.41) is 0. The maximum absolute atomic E-state index is 11.4. The van der Waals surface area contributed by atoms with Crippen LogP contribution < -0.4 is 0 Å². The lowest BCUT2D eigenvalue weighted by atomic mass is 9.87. The molecule has 0 aromatic carbocycles. The van der Waals surface area contributed by atoms with Crippen LogP contribution in [0.4, 0.5) is 0 Å². The third-order valence-corrected chi connectivity index (χ3v) is 4.12. The number of piperidine rings is 1. The number of carbonyl (C=O) groups excluding carboxylic acids is 2. The second kappa shape index (κ2) is 9.40. The molecular formula is C15H24INO4. The number of esters is 2. The fraction of sp³-hybridized carbons (Fsp3) is 0.733. The number of likely N-dealkylation sites (tertiary alicyclic amines) is 1. The Bertz CT molecular complexity index is 386. The Morgan fingerprint density at radius 1 is 1.38 bits per heavy atom. The zero-order valence-corrected chi connectivity index (χ0v) is 15.0. The van der Waals surface area contributed by atoms with E-state index in [1.54, 1.807) is 0 Å². The van der Waals surface area contributed by atoms with Gasteiger partial charge in [-0.1, -0.05) is 28.7 Å². The Morgan fingerprint density at radius 2 is 2.10 bits per heavy atom. The molecule has 0 N–H and O–H groups in total. The predicted octanol–water partition coefficient (Wildman–Crippen LogP) is 2.53. The minimum Gasteiger partial charge on any atom is -0.462 e. The third kappa shape index (κ3) is 6.78. The normalized spacial score (nSPS) is 24.8. The second-order valence-electron chi connectivity index (χ2n) is 5.45. The van der Waals surface area contributed by atoms with Gasteiger partial charge in [0.15, 0.2) is 0 Å². The molecule has 1 aliphatic heterocycles. The SMILES string of the molecule is CC(=O)OC(CC/C=C/[123I])C1CN(C)CCC1OC(C)=O. The number of carbonyl (C=O) groups is 2. The molecule has 1 aliphatic rings. The molecule has 3 unspecified atom stereocenters. The molecule has 21 heavy (non-hydrogen) atoms. The monoisotopic (exact) mass is 405 g/mol. The summed E-state index contributed by atoms with van der Waals surface area (Å²) >= 11 is 2.17. The number of hydrogen-bond donors (Lipinski definition) is 0. The molecule has 0 saturated carbocycles. The van der Waals surface area contributed by atoms with Crippen molar-refractivity contribution in [2.75, 3.05) is 20.1 Å². The average Bonchev–Trinajstić information content (AvgIpc) is 2.39. The van der Waals surface area contributed by atoms with Crippen LogP contribution in [0.25, 0.3) is 0 Å². The Hall–Kier alpha value is -0.630. The predicted molar refractivity (Wildman–Crippen MR) is 89.1 cm³/mol. The molecule has 0 spiro atoms. The van der Waals surface area contributed by atoms with Crippen molar-refractivity contribution in [3.63, 3.8) is 0 Å². The van der Waals surface area contributed by atoms with Gasteiger partial charge >= 0.3 is 11.9 Å². The molecule has 0 radical (unpaired) electrons. The summed E-state index contributed by atoms with van der Waals surface area (Å²) in [5.41, 5.74) is 0. The van der Waals surface area contributed by atoms with E-state index >= 15 is 0 Å². The van der Waals surface area contributed by atoms with Crippen molar-refractivity contribution in [3.8, 4) is 0 Å². The topological polar surface area (TPSA) is 55.8 Å². The first kappa shape index (κ1) is 18.4. The van der Waals surface area contributed by atoms with Crippen LogP contribution in [0.1, 0.15) is 33.1 Å². The van der Waals surface area contributed by atoms with Crippen molar-refractivity contribution in [1.82, 2.24) is 4.90 Å². The molecule has 1 saturated heterocycles. The molecule has 0 aliphatic carbocycles. The first-order valence-electron chi connectivity index (χ1n) is 7.22. The number of halogens is 1. The van der Waals surface area contributed by atoms with E-state index in [4.69, 9.17) is 9.47 Å². The lowest BCUT2D eigenvalue weighted by Crippen LogP contribution is -2.49. The van der Waals surface area contributed by atoms with Crippen molar-refractivity contribution >= 4 is 34.5 Å². The number of nitrogens with zero attached hydrogens (tertiary/aromatic N) is 1. The van der Waals surface area contributed by atoms with E-state index < -0.39 is 0 Å². The quantitative estimate of drug-likeness (QED) is 0.502. The van der Waals surface area contributed by atoms with Crippen LogP contribution >= 0.6 is 22.6 Å². The van der Waals surface area contributed by atoms with Crippen LogP contribution in [0.3, 0.4) is 0 Å². The molecule has 1 fully saturated rings.